The highest BCUT2D eigenvalue weighted by Crippen LogP contribution is 2.23. The summed E-state index contributed by atoms with van der Waals surface area (Å²) in [6.07, 6.45) is 4.30. The Morgan fingerprint density at radius 1 is 1.35 bits per heavy atom. The number of nitrogens with two attached hydrogens (primary N) is 1. The maximum atomic E-state index is 11.8. The third-order valence-corrected chi connectivity index (χ3v) is 3.62. The molecule has 1 fully saturated rings. The van der Waals surface area contributed by atoms with Gasteiger partial charge in [-0.1, -0.05) is 0 Å². The van der Waals surface area contributed by atoms with Gasteiger partial charge in [0.25, 0.3) is 5.91 Å². The Labute approximate surface area is 136 Å². The Hall–Kier alpha value is -2.31. The Kier molecular flexibility index (Phi) is 5.08. The zero-order chi connectivity index (χ0) is 17.0. The molecule has 2 amide bonds. The number of pyridine rings is 1. The number of rotatable bonds is 3. The monoisotopic (exact) mass is 320 g/mol. The summed E-state index contributed by atoms with van der Waals surface area (Å²) in [5.74, 6) is -0.484. The molecule has 1 aromatic heterocycles. The van der Waals surface area contributed by atoms with Crippen molar-refractivity contribution in [1.82, 2.24) is 10.3 Å². The number of carbonyl (C=O) groups excluding carboxylic acids is 2. The first-order valence-electron chi connectivity index (χ1n) is 7.74. The minimum Gasteiger partial charge on any atom is -0.444 e. The molecule has 0 radical (unpaired) electrons. The van der Waals surface area contributed by atoms with E-state index in [0.717, 1.165) is 31.6 Å². The minimum atomic E-state index is -0.502. The number of ether oxygens (including phenoxy) is 1. The minimum absolute atomic E-state index is 0.0694. The van der Waals surface area contributed by atoms with Crippen LogP contribution in [0.1, 0.15) is 44.0 Å². The lowest BCUT2D eigenvalue weighted by Crippen LogP contribution is -2.46. The molecule has 0 atom stereocenters. The fraction of sp³-hybridized carbons (Fsp3) is 0.562. The van der Waals surface area contributed by atoms with Crippen LogP contribution in [0.15, 0.2) is 18.5 Å². The normalized spacial score (nSPS) is 16.0. The largest absolute Gasteiger partial charge is 0.444 e. The van der Waals surface area contributed by atoms with E-state index in [2.05, 4.69) is 15.2 Å². The van der Waals surface area contributed by atoms with Gasteiger partial charge in [0.1, 0.15) is 5.60 Å². The van der Waals surface area contributed by atoms with E-state index < -0.39 is 17.6 Å². The van der Waals surface area contributed by atoms with Crippen LogP contribution in [0.25, 0.3) is 0 Å². The molecule has 23 heavy (non-hydrogen) atoms. The first-order chi connectivity index (χ1) is 10.8. The molecule has 0 unspecified atom stereocenters. The molecule has 1 aliphatic rings. The van der Waals surface area contributed by atoms with Crippen LogP contribution in [0.4, 0.5) is 10.5 Å². The van der Waals surface area contributed by atoms with Gasteiger partial charge in [-0.2, -0.15) is 0 Å². The molecule has 0 spiro atoms. The predicted octanol–water partition coefficient (Wildman–Crippen LogP) is 1.67. The summed E-state index contributed by atoms with van der Waals surface area (Å²) in [5, 5.41) is 2.89. The number of anilines is 1. The van der Waals surface area contributed by atoms with Crippen molar-refractivity contribution in [1.29, 1.82) is 0 Å². The maximum absolute atomic E-state index is 11.8. The van der Waals surface area contributed by atoms with E-state index >= 15 is 0 Å². The summed E-state index contributed by atoms with van der Waals surface area (Å²) in [6, 6.07) is 1.86. The van der Waals surface area contributed by atoms with Crippen LogP contribution in [-0.4, -0.2) is 41.7 Å². The van der Waals surface area contributed by atoms with Crippen LogP contribution >= 0.6 is 0 Å². The van der Waals surface area contributed by atoms with Gasteiger partial charge in [0.05, 0.1) is 11.3 Å². The molecule has 0 aromatic carbocycles. The van der Waals surface area contributed by atoms with Gasteiger partial charge < -0.3 is 20.7 Å². The highest BCUT2D eigenvalue weighted by Gasteiger charge is 2.25. The zero-order valence-corrected chi connectivity index (χ0v) is 13.8. The van der Waals surface area contributed by atoms with Gasteiger partial charge >= 0.3 is 6.09 Å². The van der Waals surface area contributed by atoms with E-state index in [0.29, 0.717) is 5.56 Å². The third-order valence-electron chi connectivity index (χ3n) is 3.62. The topological polar surface area (TPSA) is 97.6 Å². The molecule has 2 rings (SSSR count). The maximum Gasteiger partial charge on any atom is 0.407 e. The van der Waals surface area contributed by atoms with Crippen LogP contribution in [0, 0.1) is 0 Å². The van der Waals surface area contributed by atoms with Crippen LogP contribution in [-0.2, 0) is 4.74 Å². The smallest absolute Gasteiger partial charge is 0.407 e. The first-order valence-corrected chi connectivity index (χ1v) is 7.74. The number of piperidine rings is 1. The van der Waals surface area contributed by atoms with Crippen molar-refractivity contribution in [3.63, 3.8) is 0 Å². The Bertz CT molecular complexity index is 575. The second-order valence-electron chi connectivity index (χ2n) is 6.66. The van der Waals surface area contributed by atoms with Crippen LogP contribution in [0.2, 0.25) is 0 Å². The van der Waals surface area contributed by atoms with Gasteiger partial charge in [-0.25, -0.2) is 4.79 Å². The third kappa shape index (κ3) is 4.84. The van der Waals surface area contributed by atoms with Gasteiger partial charge in [-0.05, 0) is 39.7 Å². The second-order valence-corrected chi connectivity index (χ2v) is 6.66. The summed E-state index contributed by atoms with van der Waals surface area (Å²) in [4.78, 5) is 29.3. The lowest BCUT2D eigenvalue weighted by atomic mass is 10.0. The zero-order valence-electron chi connectivity index (χ0n) is 13.8. The van der Waals surface area contributed by atoms with Crippen LogP contribution < -0.4 is 16.0 Å². The highest BCUT2D eigenvalue weighted by molar-refractivity contribution is 5.98. The second kappa shape index (κ2) is 6.85. The number of carbonyl (C=O) groups is 2. The van der Waals surface area contributed by atoms with Crippen LogP contribution in [0.5, 0.6) is 0 Å². The number of amides is 2. The molecule has 2 heterocycles. The number of aromatic nitrogens is 1. The number of alkyl carbamates (subject to hydrolysis) is 1. The SMILES string of the molecule is CC(C)(C)OC(=O)NC1CCN(c2ccncc2C(N)=O)CC1. The van der Waals surface area contributed by atoms with E-state index in [1.54, 1.807) is 12.3 Å². The van der Waals surface area contributed by atoms with Gasteiger partial charge in [-0.3, -0.25) is 9.78 Å². The summed E-state index contributed by atoms with van der Waals surface area (Å²) < 4.78 is 5.27. The highest BCUT2D eigenvalue weighted by atomic mass is 16.6. The molecule has 1 saturated heterocycles. The van der Waals surface area contributed by atoms with E-state index in [4.69, 9.17) is 10.5 Å². The molecular weight excluding hydrogens is 296 g/mol. The van der Waals surface area contributed by atoms with Gasteiger partial charge in [0.15, 0.2) is 0 Å². The molecule has 7 heteroatoms. The Balaban J connectivity index is 1.92. The molecular formula is C16H24N4O3. The standard InChI is InChI=1S/C16H24N4O3/c1-16(2,3)23-15(22)19-11-5-8-20(9-6-11)13-4-7-18-10-12(13)14(17)21/h4,7,10-11H,5-6,8-9H2,1-3H3,(H2,17,21)(H,19,22). The van der Waals surface area contributed by atoms with Crippen molar-refractivity contribution >= 4 is 17.7 Å². The van der Waals surface area contributed by atoms with Crippen molar-refractivity contribution in [2.75, 3.05) is 18.0 Å². The molecule has 1 aromatic rings. The number of hydrogen-bond acceptors (Lipinski definition) is 5. The molecule has 3 N–H and O–H groups in total. The quantitative estimate of drug-likeness (QED) is 0.883. The Morgan fingerprint density at radius 3 is 2.57 bits per heavy atom. The van der Waals surface area contributed by atoms with Gasteiger partial charge in [0, 0.05) is 31.5 Å². The molecule has 0 bridgehead atoms. The average molecular weight is 320 g/mol. The summed E-state index contributed by atoms with van der Waals surface area (Å²) in [6.45, 7) is 6.97. The number of nitrogens with zero attached hydrogens (tertiary/aromatic N) is 2. The van der Waals surface area contributed by atoms with E-state index in [-0.39, 0.29) is 6.04 Å². The lowest BCUT2D eigenvalue weighted by Gasteiger charge is -2.34. The van der Waals surface area contributed by atoms with Crippen molar-refractivity contribution in [2.24, 2.45) is 5.73 Å². The lowest BCUT2D eigenvalue weighted by molar-refractivity contribution is 0.0497. The number of hydrogen-bond donors (Lipinski definition) is 2. The van der Waals surface area contributed by atoms with E-state index in [9.17, 15) is 9.59 Å². The average Bonchev–Trinajstić information content (AvgIpc) is 2.46. The van der Waals surface area contributed by atoms with Gasteiger partial charge in [-0.15, -0.1) is 0 Å². The van der Waals surface area contributed by atoms with Crippen molar-refractivity contribution < 1.29 is 14.3 Å². The number of nitrogens with one attached hydrogen (secondary N) is 1. The first kappa shape index (κ1) is 17.1. The molecule has 0 aliphatic carbocycles. The Morgan fingerprint density at radius 2 is 2.00 bits per heavy atom. The summed E-state index contributed by atoms with van der Waals surface area (Å²) in [7, 11) is 0. The molecule has 1 aliphatic heterocycles. The van der Waals surface area contributed by atoms with E-state index in [1.165, 1.54) is 6.20 Å². The predicted molar refractivity (Wildman–Crippen MR) is 87.4 cm³/mol. The number of primary amides is 1. The fourth-order valence-corrected chi connectivity index (χ4v) is 2.59. The van der Waals surface area contributed by atoms with Gasteiger partial charge in [0.2, 0.25) is 0 Å². The van der Waals surface area contributed by atoms with Crippen molar-refractivity contribution in [3.8, 4) is 0 Å². The van der Waals surface area contributed by atoms with Crippen molar-refractivity contribution in [3.05, 3.63) is 24.0 Å². The molecule has 126 valence electrons. The van der Waals surface area contributed by atoms with Crippen LogP contribution in [0.3, 0.4) is 0 Å². The van der Waals surface area contributed by atoms with Crippen molar-refractivity contribution in [2.45, 2.75) is 45.3 Å². The molecule has 0 saturated carbocycles. The fourth-order valence-electron chi connectivity index (χ4n) is 2.59. The van der Waals surface area contributed by atoms with E-state index in [1.807, 2.05) is 20.8 Å². The summed E-state index contributed by atoms with van der Waals surface area (Å²) >= 11 is 0. The summed E-state index contributed by atoms with van der Waals surface area (Å²) in [5.41, 5.74) is 6.11. The molecule has 7 nitrogen and oxygen atoms in total.